The summed E-state index contributed by atoms with van der Waals surface area (Å²) in [5.41, 5.74) is 5.40. The minimum Gasteiger partial charge on any atom is -0.343 e. The van der Waals surface area contributed by atoms with Gasteiger partial charge in [-0.1, -0.05) is 19.8 Å². The molecule has 2 N–H and O–H groups in total. The van der Waals surface area contributed by atoms with Gasteiger partial charge in [0.1, 0.15) is 0 Å². The fourth-order valence-corrected chi connectivity index (χ4v) is 2.39. The average molecular weight is 212 g/mol. The lowest BCUT2D eigenvalue weighted by molar-refractivity contribution is -0.130. The number of amides is 1. The summed E-state index contributed by atoms with van der Waals surface area (Å²) in [6.45, 7) is 4.61. The van der Waals surface area contributed by atoms with Crippen molar-refractivity contribution in [3.8, 4) is 0 Å². The molecule has 0 aromatic rings. The van der Waals surface area contributed by atoms with Crippen LogP contribution in [0.1, 0.15) is 45.4 Å². The molecule has 1 unspecified atom stereocenters. The maximum Gasteiger partial charge on any atom is 0.223 e. The standard InChI is InChI=1S/C12H24N2O/c1-2-4-11-5-3-9-14(10-7-11)12(15)6-8-13/h11H,2-10,13H2,1H3. The zero-order chi connectivity index (χ0) is 11.1. The van der Waals surface area contributed by atoms with Gasteiger partial charge in [0.05, 0.1) is 0 Å². The van der Waals surface area contributed by atoms with Crippen molar-refractivity contribution < 1.29 is 4.79 Å². The monoisotopic (exact) mass is 212 g/mol. The van der Waals surface area contributed by atoms with Crippen LogP contribution in [0.25, 0.3) is 0 Å². The zero-order valence-electron chi connectivity index (χ0n) is 9.87. The van der Waals surface area contributed by atoms with E-state index in [1.54, 1.807) is 0 Å². The van der Waals surface area contributed by atoms with Crippen LogP contribution in [0.3, 0.4) is 0 Å². The predicted molar refractivity (Wildman–Crippen MR) is 62.5 cm³/mol. The highest BCUT2D eigenvalue weighted by Crippen LogP contribution is 2.22. The topological polar surface area (TPSA) is 46.3 Å². The zero-order valence-corrected chi connectivity index (χ0v) is 9.87. The number of carbonyl (C=O) groups is 1. The lowest BCUT2D eigenvalue weighted by Crippen LogP contribution is -2.33. The third kappa shape index (κ3) is 4.20. The number of likely N-dealkylation sites (tertiary alicyclic amines) is 1. The van der Waals surface area contributed by atoms with Gasteiger partial charge in [0.2, 0.25) is 5.91 Å². The van der Waals surface area contributed by atoms with Crippen molar-refractivity contribution in [1.29, 1.82) is 0 Å². The molecule has 0 aromatic carbocycles. The highest BCUT2D eigenvalue weighted by atomic mass is 16.2. The number of nitrogens with two attached hydrogens (primary N) is 1. The quantitative estimate of drug-likeness (QED) is 0.772. The first-order valence-electron chi connectivity index (χ1n) is 6.25. The van der Waals surface area contributed by atoms with E-state index in [4.69, 9.17) is 5.73 Å². The minimum atomic E-state index is 0.245. The fourth-order valence-electron chi connectivity index (χ4n) is 2.39. The van der Waals surface area contributed by atoms with Gasteiger partial charge in [-0.2, -0.15) is 0 Å². The SMILES string of the molecule is CCCC1CCCN(C(=O)CCN)CC1. The summed E-state index contributed by atoms with van der Waals surface area (Å²) >= 11 is 0. The van der Waals surface area contributed by atoms with Crippen LogP contribution in [0.2, 0.25) is 0 Å². The summed E-state index contributed by atoms with van der Waals surface area (Å²) in [6.07, 6.45) is 6.74. The van der Waals surface area contributed by atoms with Crippen LogP contribution in [0.5, 0.6) is 0 Å². The van der Waals surface area contributed by atoms with Gasteiger partial charge in [-0.3, -0.25) is 4.79 Å². The Bertz CT molecular complexity index is 194. The number of hydrogen-bond donors (Lipinski definition) is 1. The Morgan fingerprint density at radius 3 is 2.87 bits per heavy atom. The lowest BCUT2D eigenvalue weighted by atomic mass is 9.96. The highest BCUT2D eigenvalue weighted by Gasteiger charge is 2.19. The average Bonchev–Trinajstić information content (AvgIpc) is 2.44. The van der Waals surface area contributed by atoms with E-state index in [0.717, 1.165) is 19.0 Å². The first kappa shape index (κ1) is 12.5. The number of nitrogens with zero attached hydrogens (tertiary/aromatic N) is 1. The van der Waals surface area contributed by atoms with Crippen molar-refractivity contribution >= 4 is 5.91 Å². The Kier molecular flexibility index (Phi) is 5.69. The van der Waals surface area contributed by atoms with Crippen molar-refractivity contribution in [1.82, 2.24) is 4.90 Å². The van der Waals surface area contributed by atoms with Crippen LogP contribution in [-0.4, -0.2) is 30.4 Å². The molecule has 3 heteroatoms. The second-order valence-corrected chi connectivity index (χ2v) is 4.51. The molecule has 1 aliphatic rings. The maximum absolute atomic E-state index is 11.7. The van der Waals surface area contributed by atoms with Gasteiger partial charge in [0, 0.05) is 26.1 Å². The van der Waals surface area contributed by atoms with E-state index in [2.05, 4.69) is 6.92 Å². The van der Waals surface area contributed by atoms with Gasteiger partial charge in [0.25, 0.3) is 0 Å². The summed E-state index contributed by atoms with van der Waals surface area (Å²) in [5, 5.41) is 0. The van der Waals surface area contributed by atoms with Crippen molar-refractivity contribution in [2.75, 3.05) is 19.6 Å². The van der Waals surface area contributed by atoms with Crippen molar-refractivity contribution in [2.45, 2.75) is 45.4 Å². The maximum atomic E-state index is 11.7. The van der Waals surface area contributed by atoms with Crippen molar-refractivity contribution in [3.05, 3.63) is 0 Å². The van der Waals surface area contributed by atoms with Gasteiger partial charge in [0.15, 0.2) is 0 Å². The van der Waals surface area contributed by atoms with E-state index in [-0.39, 0.29) is 5.91 Å². The molecule has 1 rings (SSSR count). The molecule has 0 saturated carbocycles. The first-order chi connectivity index (χ1) is 7.27. The van der Waals surface area contributed by atoms with E-state index in [9.17, 15) is 4.79 Å². The van der Waals surface area contributed by atoms with Gasteiger partial charge in [-0.15, -0.1) is 0 Å². The highest BCUT2D eigenvalue weighted by molar-refractivity contribution is 5.76. The van der Waals surface area contributed by atoms with Crippen LogP contribution >= 0.6 is 0 Å². The summed E-state index contributed by atoms with van der Waals surface area (Å²) in [7, 11) is 0. The molecule has 15 heavy (non-hydrogen) atoms. The van der Waals surface area contributed by atoms with Crippen LogP contribution < -0.4 is 5.73 Å². The molecule has 1 aliphatic heterocycles. The van der Waals surface area contributed by atoms with Crippen LogP contribution in [-0.2, 0) is 4.79 Å². The lowest BCUT2D eigenvalue weighted by Gasteiger charge is -2.20. The molecule has 0 aromatic heterocycles. The van der Waals surface area contributed by atoms with Gasteiger partial charge in [-0.05, 0) is 25.2 Å². The number of rotatable bonds is 4. The summed E-state index contributed by atoms with van der Waals surface area (Å²) in [6, 6.07) is 0. The van der Waals surface area contributed by atoms with Crippen molar-refractivity contribution in [2.24, 2.45) is 11.7 Å². The van der Waals surface area contributed by atoms with E-state index in [1.165, 1.54) is 32.1 Å². The minimum absolute atomic E-state index is 0.245. The number of carbonyl (C=O) groups excluding carboxylic acids is 1. The molecule has 0 aliphatic carbocycles. The van der Waals surface area contributed by atoms with E-state index < -0.39 is 0 Å². The predicted octanol–water partition coefficient (Wildman–Crippen LogP) is 1.76. The third-order valence-electron chi connectivity index (χ3n) is 3.26. The molecule has 1 atom stereocenters. The Hall–Kier alpha value is -0.570. The van der Waals surface area contributed by atoms with Gasteiger partial charge in [-0.25, -0.2) is 0 Å². The Morgan fingerprint density at radius 1 is 1.40 bits per heavy atom. The smallest absolute Gasteiger partial charge is 0.223 e. The Morgan fingerprint density at radius 2 is 2.20 bits per heavy atom. The second kappa shape index (κ2) is 6.83. The molecule has 0 spiro atoms. The van der Waals surface area contributed by atoms with Crippen LogP contribution in [0, 0.1) is 5.92 Å². The van der Waals surface area contributed by atoms with Crippen molar-refractivity contribution in [3.63, 3.8) is 0 Å². The summed E-state index contributed by atoms with van der Waals surface area (Å²) < 4.78 is 0. The molecule has 1 amide bonds. The Labute approximate surface area is 93.0 Å². The molecule has 0 radical (unpaired) electrons. The first-order valence-corrected chi connectivity index (χ1v) is 6.25. The molecular weight excluding hydrogens is 188 g/mol. The van der Waals surface area contributed by atoms with Crippen LogP contribution in [0.15, 0.2) is 0 Å². The molecule has 1 heterocycles. The van der Waals surface area contributed by atoms with Gasteiger partial charge < -0.3 is 10.6 Å². The molecule has 1 saturated heterocycles. The fraction of sp³-hybridized carbons (Fsp3) is 0.917. The summed E-state index contributed by atoms with van der Waals surface area (Å²) in [5.74, 6) is 1.08. The molecule has 3 nitrogen and oxygen atoms in total. The molecule has 1 fully saturated rings. The van der Waals surface area contributed by atoms with Crippen LogP contribution in [0.4, 0.5) is 0 Å². The largest absolute Gasteiger partial charge is 0.343 e. The van der Waals surface area contributed by atoms with Gasteiger partial charge >= 0.3 is 0 Å². The van der Waals surface area contributed by atoms with E-state index >= 15 is 0 Å². The number of hydrogen-bond acceptors (Lipinski definition) is 2. The van der Waals surface area contributed by atoms with E-state index in [0.29, 0.717) is 13.0 Å². The summed E-state index contributed by atoms with van der Waals surface area (Å²) in [4.78, 5) is 13.7. The third-order valence-corrected chi connectivity index (χ3v) is 3.26. The Balaban J connectivity index is 2.35. The normalized spacial score (nSPS) is 22.5. The second-order valence-electron chi connectivity index (χ2n) is 4.51. The molecule has 88 valence electrons. The molecule has 0 bridgehead atoms. The molecular formula is C12H24N2O. The van der Waals surface area contributed by atoms with E-state index in [1.807, 2.05) is 4.90 Å².